The zero-order valence-electron chi connectivity index (χ0n) is 6.45. The molecule has 1 atom stereocenters. The Kier molecular flexibility index (Phi) is 3.07. The molecule has 0 aliphatic heterocycles. The van der Waals surface area contributed by atoms with Crippen LogP contribution in [0.2, 0.25) is 0 Å². The number of halogens is 5. The van der Waals surface area contributed by atoms with E-state index in [0.29, 0.717) is 0 Å². The van der Waals surface area contributed by atoms with Crippen molar-refractivity contribution in [2.24, 2.45) is 5.73 Å². The fourth-order valence-corrected chi connectivity index (χ4v) is 0.585. The van der Waals surface area contributed by atoms with E-state index in [0.717, 1.165) is 0 Å². The topological polar surface area (TPSA) is 59.1 Å². The minimum atomic E-state index is -5.26. The van der Waals surface area contributed by atoms with Gasteiger partial charge in [0.15, 0.2) is 0 Å². The van der Waals surface area contributed by atoms with E-state index >= 15 is 0 Å². The third-order valence-electron chi connectivity index (χ3n) is 1.00. The molecule has 0 heterocycles. The van der Waals surface area contributed by atoms with E-state index in [1.165, 1.54) is 0 Å². The van der Waals surface area contributed by atoms with Crippen LogP contribution in [0.4, 0.5) is 22.0 Å². The lowest BCUT2D eigenvalue weighted by molar-refractivity contribution is -0.259. The Balaban J connectivity index is 4.68. The first kappa shape index (κ1) is 11.9. The maximum Gasteiger partial charge on any atom is 0.431 e. The molecule has 0 spiro atoms. The molecule has 78 valence electrons. The molecule has 3 nitrogen and oxygen atoms in total. The number of hydrogen-bond acceptors (Lipinski definition) is 2. The van der Waals surface area contributed by atoms with E-state index in [4.69, 9.17) is 5.41 Å². The van der Waals surface area contributed by atoms with Crippen molar-refractivity contribution < 1.29 is 26.7 Å². The van der Waals surface area contributed by atoms with Crippen LogP contribution in [0.3, 0.4) is 0 Å². The van der Waals surface area contributed by atoms with Gasteiger partial charge in [-0.1, -0.05) is 0 Å². The van der Waals surface area contributed by atoms with Gasteiger partial charge in [-0.05, 0) is 0 Å². The van der Waals surface area contributed by atoms with Crippen LogP contribution in [-0.2, 0) is 4.74 Å². The number of alkyl halides is 5. The summed E-state index contributed by atoms with van der Waals surface area (Å²) in [5, 5.41) is 6.31. The second kappa shape index (κ2) is 3.35. The summed E-state index contributed by atoms with van der Waals surface area (Å²) in [6.07, 6.45) is -8.64. The van der Waals surface area contributed by atoms with E-state index in [9.17, 15) is 22.0 Å². The van der Waals surface area contributed by atoms with Crippen molar-refractivity contribution in [2.75, 3.05) is 0 Å². The van der Waals surface area contributed by atoms with Crippen LogP contribution < -0.4 is 5.73 Å². The van der Waals surface area contributed by atoms with Crippen molar-refractivity contribution in [3.8, 4) is 0 Å². The van der Waals surface area contributed by atoms with Gasteiger partial charge in [0.25, 0.3) is 18.0 Å². The second-order valence-electron chi connectivity index (χ2n) is 2.36. The first-order chi connectivity index (χ1) is 5.55. The molecular weight excluding hydrogens is 199 g/mol. The monoisotopic (exact) mass is 206 g/mol. The molecule has 0 aliphatic rings. The highest BCUT2D eigenvalue weighted by atomic mass is 19.4. The van der Waals surface area contributed by atoms with Gasteiger partial charge < -0.3 is 10.5 Å². The zero-order chi connectivity index (χ0) is 10.9. The lowest BCUT2D eigenvalue weighted by Crippen LogP contribution is -2.47. The van der Waals surface area contributed by atoms with Crippen LogP contribution in [0.1, 0.15) is 6.92 Å². The van der Waals surface area contributed by atoms with Gasteiger partial charge in [0, 0.05) is 6.92 Å². The smallest absolute Gasteiger partial charge is 0.431 e. The SMILES string of the molecule is CC(F)(F)C(OC(=N)N)C(F)(F)F. The highest BCUT2D eigenvalue weighted by Crippen LogP contribution is 2.34. The molecule has 0 rings (SSSR count). The first-order valence-corrected chi connectivity index (χ1v) is 3.00. The number of amidine groups is 1. The minimum absolute atomic E-state index is 0.0358. The summed E-state index contributed by atoms with van der Waals surface area (Å²) >= 11 is 0. The van der Waals surface area contributed by atoms with Crippen molar-refractivity contribution in [2.45, 2.75) is 25.1 Å². The number of nitrogens with one attached hydrogen (secondary N) is 1. The fraction of sp³-hybridized carbons (Fsp3) is 0.800. The summed E-state index contributed by atoms with van der Waals surface area (Å²) in [5.41, 5.74) is 4.41. The molecule has 0 aliphatic carbocycles. The van der Waals surface area contributed by atoms with Crippen molar-refractivity contribution in [3.05, 3.63) is 0 Å². The lowest BCUT2D eigenvalue weighted by atomic mass is 10.2. The van der Waals surface area contributed by atoms with E-state index in [1.807, 2.05) is 0 Å². The summed E-state index contributed by atoms with van der Waals surface area (Å²) in [7, 11) is 0. The zero-order valence-corrected chi connectivity index (χ0v) is 6.45. The summed E-state index contributed by atoms with van der Waals surface area (Å²) in [6.45, 7) is 0.0358. The Labute approximate surface area is 70.2 Å². The average Bonchev–Trinajstić information content (AvgIpc) is 1.77. The van der Waals surface area contributed by atoms with Crippen LogP contribution in [0.5, 0.6) is 0 Å². The van der Waals surface area contributed by atoms with Crippen LogP contribution >= 0.6 is 0 Å². The molecule has 0 aromatic heterocycles. The maximum absolute atomic E-state index is 12.2. The van der Waals surface area contributed by atoms with Gasteiger partial charge in [0.1, 0.15) is 0 Å². The predicted molar refractivity (Wildman–Crippen MR) is 33.5 cm³/mol. The molecule has 8 heteroatoms. The Hall–Kier alpha value is -1.08. The van der Waals surface area contributed by atoms with Crippen molar-refractivity contribution in [1.82, 2.24) is 0 Å². The largest absolute Gasteiger partial charge is 0.446 e. The maximum atomic E-state index is 12.2. The third-order valence-corrected chi connectivity index (χ3v) is 1.00. The highest BCUT2D eigenvalue weighted by molar-refractivity contribution is 5.67. The Morgan fingerprint density at radius 3 is 1.77 bits per heavy atom. The normalized spacial score (nSPS) is 15.2. The molecule has 1 unspecified atom stereocenters. The Bertz CT molecular complexity index is 182. The molecule has 0 aromatic rings. The van der Waals surface area contributed by atoms with Gasteiger partial charge in [0.05, 0.1) is 0 Å². The molecule has 13 heavy (non-hydrogen) atoms. The van der Waals surface area contributed by atoms with Crippen LogP contribution in [0, 0.1) is 5.41 Å². The summed E-state index contributed by atoms with van der Waals surface area (Å²) in [6, 6.07) is -1.40. The van der Waals surface area contributed by atoms with E-state index in [1.54, 1.807) is 0 Å². The van der Waals surface area contributed by atoms with Gasteiger partial charge in [-0.15, -0.1) is 0 Å². The summed E-state index contributed by atoms with van der Waals surface area (Å²) in [4.78, 5) is 0. The molecule has 0 aromatic carbocycles. The molecule has 3 N–H and O–H groups in total. The van der Waals surface area contributed by atoms with E-state index in [2.05, 4.69) is 10.5 Å². The molecule has 0 saturated heterocycles. The van der Waals surface area contributed by atoms with Crippen LogP contribution in [0.25, 0.3) is 0 Å². The number of hydrogen-bond donors (Lipinski definition) is 2. The van der Waals surface area contributed by atoms with Gasteiger partial charge in [-0.25, -0.2) is 8.78 Å². The van der Waals surface area contributed by atoms with Gasteiger partial charge in [0.2, 0.25) is 0 Å². The average molecular weight is 206 g/mol. The van der Waals surface area contributed by atoms with Crippen molar-refractivity contribution >= 4 is 6.02 Å². The quantitative estimate of drug-likeness (QED) is 0.408. The van der Waals surface area contributed by atoms with Crippen LogP contribution in [0.15, 0.2) is 0 Å². The second-order valence-corrected chi connectivity index (χ2v) is 2.36. The minimum Gasteiger partial charge on any atom is -0.446 e. The molecule has 0 radical (unpaired) electrons. The molecule has 0 amide bonds. The summed E-state index contributed by atoms with van der Waals surface area (Å²) in [5.74, 6) is -4.14. The van der Waals surface area contributed by atoms with E-state index in [-0.39, 0.29) is 6.92 Å². The molecule has 0 saturated carbocycles. The van der Waals surface area contributed by atoms with Gasteiger partial charge >= 0.3 is 6.18 Å². The molecule has 0 fully saturated rings. The standard InChI is InChI=1S/C5H7F5N2O/c1-4(6,7)2(5(8,9)10)13-3(11)12/h2H,1H3,(H3,11,12). The van der Waals surface area contributed by atoms with Crippen LogP contribution in [-0.4, -0.2) is 24.2 Å². The van der Waals surface area contributed by atoms with Gasteiger partial charge in [-0.2, -0.15) is 13.2 Å². The highest BCUT2D eigenvalue weighted by Gasteiger charge is 2.55. The number of rotatable bonds is 2. The lowest BCUT2D eigenvalue weighted by Gasteiger charge is -2.25. The Morgan fingerprint density at radius 2 is 1.69 bits per heavy atom. The summed E-state index contributed by atoms with van der Waals surface area (Å²) < 4.78 is 63.4. The van der Waals surface area contributed by atoms with Crippen molar-refractivity contribution in [1.29, 1.82) is 5.41 Å². The third kappa shape index (κ3) is 3.90. The number of nitrogens with two attached hydrogens (primary N) is 1. The first-order valence-electron chi connectivity index (χ1n) is 3.00. The predicted octanol–water partition coefficient (Wildman–Crippen LogP) is 1.48. The molecule has 0 bridgehead atoms. The van der Waals surface area contributed by atoms with Gasteiger partial charge in [-0.3, -0.25) is 5.41 Å². The fourth-order valence-electron chi connectivity index (χ4n) is 0.585. The van der Waals surface area contributed by atoms with Crippen molar-refractivity contribution in [3.63, 3.8) is 0 Å². The van der Waals surface area contributed by atoms with E-state index < -0.39 is 24.2 Å². The number of ether oxygens (including phenoxy) is 1. The Morgan fingerprint density at radius 1 is 1.31 bits per heavy atom. The molecular formula is C5H7F5N2O.